The fraction of sp³-hybridized carbons (Fsp3) is 0.778. The van der Waals surface area contributed by atoms with Crippen LogP contribution in [0.25, 0.3) is 0 Å². The molecule has 0 spiro atoms. The molecule has 1 aromatic heterocycles. The molecule has 4 nitrogen and oxygen atoms in total. The minimum atomic E-state index is -0.706. The summed E-state index contributed by atoms with van der Waals surface area (Å²) in [5.41, 5.74) is 0.583. The van der Waals surface area contributed by atoms with Crippen molar-refractivity contribution in [2.75, 3.05) is 19.0 Å². The van der Waals surface area contributed by atoms with Crippen LogP contribution in [0.2, 0.25) is 0 Å². The maximum absolute atomic E-state index is 12.0. The zero-order chi connectivity index (χ0) is 17.3. The van der Waals surface area contributed by atoms with E-state index in [1.165, 1.54) is 32.8 Å². The summed E-state index contributed by atoms with van der Waals surface area (Å²) >= 11 is 1.62. The topological polar surface area (TPSA) is 51.2 Å². The van der Waals surface area contributed by atoms with E-state index in [0.29, 0.717) is 5.41 Å². The van der Waals surface area contributed by atoms with Crippen molar-refractivity contribution in [1.82, 2.24) is 4.98 Å². The van der Waals surface area contributed by atoms with Crippen molar-refractivity contribution in [2.45, 2.75) is 65.7 Å². The molecule has 130 valence electrons. The molecule has 0 radical (unpaired) electrons. The average Bonchev–Trinajstić information content (AvgIpc) is 3.01. The summed E-state index contributed by atoms with van der Waals surface area (Å²) in [4.78, 5) is 17.7. The molecule has 0 bridgehead atoms. The fourth-order valence-electron chi connectivity index (χ4n) is 3.69. The molecule has 1 atom stereocenters. The molecule has 0 saturated heterocycles. The first kappa shape index (κ1) is 18.2. The second kappa shape index (κ2) is 6.80. The smallest absolute Gasteiger partial charge is 0.317 e. The molecule has 1 fully saturated rings. The summed E-state index contributed by atoms with van der Waals surface area (Å²) in [5, 5.41) is 4.36. The van der Waals surface area contributed by atoms with Crippen LogP contribution in [0.1, 0.15) is 63.9 Å². The minimum absolute atomic E-state index is 0.245. The number of esters is 1. The highest BCUT2D eigenvalue weighted by Gasteiger charge is 2.36. The first-order chi connectivity index (χ1) is 10.7. The van der Waals surface area contributed by atoms with Gasteiger partial charge in [-0.25, -0.2) is 4.98 Å². The monoisotopic (exact) mass is 338 g/mol. The Bertz CT molecular complexity index is 563. The van der Waals surface area contributed by atoms with Gasteiger partial charge in [-0.2, -0.15) is 0 Å². The van der Waals surface area contributed by atoms with Gasteiger partial charge in [0, 0.05) is 11.4 Å². The summed E-state index contributed by atoms with van der Waals surface area (Å²) in [6.07, 6.45) is 5.21. The van der Waals surface area contributed by atoms with Crippen molar-refractivity contribution in [3.8, 4) is 0 Å². The van der Waals surface area contributed by atoms with Gasteiger partial charge < -0.3 is 10.1 Å². The van der Waals surface area contributed by atoms with E-state index in [-0.39, 0.29) is 5.97 Å². The van der Waals surface area contributed by atoms with Gasteiger partial charge in [0.2, 0.25) is 0 Å². The number of aromatic nitrogens is 1. The maximum atomic E-state index is 12.0. The molecule has 1 saturated carbocycles. The standard InChI is InChI=1S/C18H30N2O2S/c1-12-14(18(4,5)15(21)22-6)20-16(23-12)19-11-9-13-8-7-10-17(13,2)3/h13H,7-11H2,1-6H3,(H,19,20). The third-order valence-electron chi connectivity index (χ3n) is 5.33. The number of thiazole rings is 1. The van der Waals surface area contributed by atoms with Crippen LogP contribution in [0.3, 0.4) is 0 Å². The lowest BCUT2D eigenvalue weighted by Gasteiger charge is -2.26. The number of hydrogen-bond donors (Lipinski definition) is 1. The largest absolute Gasteiger partial charge is 0.468 e. The van der Waals surface area contributed by atoms with Gasteiger partial charge in [0.05, 0.1) is 12.8 Å². The molecule has 1 N–H and O–H groups in total. The van der Waals surface area contributed by atoms with Crippen molar-refractivity contribution >= 4 is 22.4 Å². The van der Waals surface area contributed by atoms with Crippen molar-refractivity contribution in [3.05, 3.63) is 10.6 Å². The van der Waals surface area contributed by atoms with E-state index in [9.17, 15) is 4.79 Å². The Hall–Kier alpha value is -1.10. The number of methoxy groups -OCH3 is 1. The average molecular weight is 339 g/mol. The zero-order valence-electron chi connectivity index (χ0n) is 15.3. The van der Waals surface area contributed by atoms with Gasteiger partial charge in [-0.1, -0.05) is 20.3 Å². The summed E-state index contributed by atoms with van der Waals surface area (Å²) in [7, 11) is 1.42. The van der Waals surface area contributed by atoms with Crippen LogP contribution in [0.5, 0.6) is 0 Å². The Balaban J connectivity index is 1.98. The first-order valence-corrected chi connectivity index (χ1v) is 9.30. The molecule has 1 aliphatic carbocycles. The molecular weight excluding hydrogens is 308 g/mol. The van der Waals surface area contributed by atoms with Crippen molar-refractivity contribution in [2.24, 2.45) is 11.3 Å². The number of rotatable bonds is 6. The molecule has 0 aliphatic heterocycles. The first-order valence-electron chi connectivity index (χ1n) is 8.48. The number of aryl methyl sites for hydroxylation is 1. The second-order valence-electron chi connectivity index (χ2n) is 7.83. The zero-order valence-corrected chi connectivity index (χ0v) is 16.1. The Morgan fingerprint density at radius 1 is 1.48 bits per heavy atom. The van der Waals surface area contributed by atoms with Gasteiger partial charge in [0.1, 0.15) is 5.41 Å². The van der Waals surface area contributed by atoms with E-state index >= 15 is 0 Å². The molecule has 23 heavy (non-hydrogen) atoms. The summed E-state index contributed by atoms with van der Waals surface area (Å²) in [6.45, 7) is 11.5. The highest BCUT2D eigenvalue weighted by atomic mass is 32.1. The SMILES string of the molecule is COC(=O)C(C)(C)c1nc(NCCC2CCCC2(C)C)sc1C. The van der Waals surface area contributed by atoms with E-state index in [2.05, 4.69) is 24.1 Å². The third kappa shape index (κ3) is 3.87. The lowest BCUT2D eigenvalue weighted by atomic mass is 9.80. The van der Waals surface area contributed by atoms with E-state index in [0.717, 1.165) is 28.2 Å². The predicted octanol–water partition coefficient (Wildman–Crippen LogP) is 4.53. The van der Waals surface area contributed by atoms with Crippen LogP contribution in [-0.2, 0) is 14.9 Å². The molecule has 1 unspecified atom stereocenters. The summed E-state index contributed by atoms with van der Waals surface area (Å²) in [6, 6.07) is 0. The molecule has 2 rings (SSSR count). The molecular formula is C18H30N2O2S. The summed E-state index contributed by atoms with van der Waals surface area (Å²) < 4.78 is 4.91. The Morgan fingerprint density at radius 3 is 2.74 bits per heavy atom. The van der Waals surface area contributed by atoms with Gasteiger partial charge in [0.25, 0.3) is 0 Å². The maximum Gasteiger partial charge on any atom is 0.317 e. The van der Waals surface area contributed by atoms with Gasteiger partial charge >= 0.3 is 5.97 Å². The number of nitrogens with one attached hydrogen (secondary N) is 1. The number of ether oxygens (including phenoxy) is 1. The van der Waals surface area contributed by atoms with Crippen LogP contribution in [0.15, 0.2) is 0 Å². The van der Waals surface area contributed by atoms with E-state index in [1.807, 2.05) is 20.8 Å². The quantitative estimate of drug-likeness (QED) is 0.774. The second-order valence-corrected chi connectivity index (χ2v) is 9.04. The number of anilines is 1. The van der Waals surface area contributed by atoms with Gasteiger partial charge in [-0.3, -0.25) is 4.79 Å². The highest BCUT2D eigenvalue weighted by molar-refractivity contribution is 7.15. The lowest BCUT2D eigenvalue weighted by Crippen LogP contribution is -2.31. The number of nitrogens with zero attached hydrogens (tertiary/aromatic N) is 1. The Morgan fingerprint density at radius 2 is 2.17 bits per heavy atom. The highest BCUT2D eigenvalue weighted by Crippen LogP contribution is 2.44. The van der Waals surface area contributed by atoms with Gasteiger partial charge in [0.15, 0.2) is 5.13 Å². The Labute approximate surface area is 144 Å². The normalized spacial score (nSPS) is 20.5. The van der Waals surface area contributed by atoms with Crippen molar-refractivity contribution < 1.29 is 9.53 Å². The van der Waals surface area contributed by atoms with Crippen LogP contribution in [0.4, 0.5) is 5.13 Å². The van der Waals surface area contributed by atoms with Gasteiger partial charge in [-0.15, -0.1) is 11.3 Å². The summed E-state index contributed by atoms with van der Waals surface area (Å²) in [5.74, 6) is 0.548. The molecule has 1 heterocycles. The van der Waals surface area contributed by atoms with E-state index in [4.69, 9.17) is 4.74 Å². The minimum Gasteiger partial charge on any atom is -0.468 e. The van der Waals surface area contributed by atoms with Crippen LogP contribution < -0.4 is 5.32 Å². The molecule has 1 aliphatic rings. The van der Waals surface area contributed by atoms with E-state index in [1.54, 1.807) is 11.3 Å². The lowest BCUT2D eigenvalue weighted by molar-refractivity contribution is -0.146. The number of carbonyl (C=O) groups excluding carboxylic acids is 1. The van der Waals surface area contributed by atoms with Crippen LogP contribution in [0, 0.1) is 18.3 Å². The third-order valence-corrected chi connectivity index (χ3v) is 6.26. The number of carbonyl (C=O) groups is 1. The van der Waals surface area contributed by atoms with Crippen molar-refractivity contribution in [3.63, 3.8) is 0 Å². The molecule has 0 aromatic carbocycles. The Kier molecular flexibility index (Phi) is 5.39. The van der Waals surface area contributed by atoms with Gasteiger partial charge in [-0.05, 0) is 51.4 Å². The van der Waals surface area contributed by atoms with E-state index < -0.39 is 5.41 Å². The van der Waals surface area contributed by atoms with Crippen molar-refractivity contribution in [1.29, 1.82) is 0 Å². The predicted molar refractivity (Wildman–Crippen MR) is 96.1 cm³/mol. The van der Waals surface area contributed by atoms with Crippen LogP contribution in [-0.4, -0.2) is 24.6 Å². The molecule has 0 amide bonds. The fourth-order valence-corrected chi connectivity index (χ4v) is 4.69. The van der Waals surface area contributed by atoms with Crippen LogP contribution >= 0.6 is 11.3 Å². The number of hydrogen-bond acceptors (Lipinski definition) is 5. The molecule has 1 aromatic rings. The molecule has 5 heteroatoms.